The van der Waals surface area contributed by atoms with Gasteiger partial charge in [0.05, 0.1) is 22.2 Å². The largest absolute Gasteiger partial charge is 3.00 e. The van der Waals surface area contributed by atoms with Crippen molar-refractivity contribution in [1.29, 1.82) is 0 Å². The molecular formula is C42H26IrN4+. The maximum absolute atomic E-state index is 4.22. The van der Waals surface area contributed by atoms with Crippen LogP contribution in [0.25, 0.3) is 71.8 Å². The van der Waals surface area contributed by atoms with Crippen molar-refractivity contribution in [3.8, 4) is 22.6 Å². The molecule has 6 aromatic carbocycles. The van der Waals surface area contributed by atoms with Gasteiger partial charge in [0.2, 0.25) is 0 Å². The SMILES string of the molecule is [Ir+3].[c-]1c(-n2[c-][n+](-c3ccccc3)c3ccccc32)ccc2c3cccc4c5ccccc5n(c12)c34.[c-]1ccccc1-c1ccccn1. The van der Waals surface area contributed by atoms with E-state index in [2.05, 4.69) is 140 Å². The summed E-state index contributed by atoms with van der Waals surface area (Å²) in [5.41, 5.74) is 9.87. The van der Waals surface area contributed by atoms with Gasteiger partial charge in [0, 0.05) is 22.5 Å². The zero-order valence-electron chi connectivity index (χ0n) is 25.1. The molecule has 0 amide bonds. The molecule has 0 aliphatic carbocycles. The summed E-state index contributed by atoms with van der Waals surface area (Å²) in [6, 6.07) is 59.0. The predicted molar refractivity (Wildman–Crippen MR) is 186 cm³/mol. The molecule has 4 heterocycles. The molecule has 0 aliphatic rings. The third kappa shape index (κ3) is 4.80. The minimum Gasteiger partial charge on any atom is -0.334 e. The Labute approximate surface area is 285 Å². The van der Waals surface area contributed by atoms with E-state index >= 15 is 0 Å². The molecule has 5 heteroatoms. The maximum atomic E-state index is 4.22. The number of nitrogens with zero attached hydrogens (tertiary/aromatic N) is 4. The van der Waals surface area contributed by atoms with Crippen molar-refractivity contribution >= 4 is 49.1 Å². The number of hydrogen-bond acceptors (Lipinski definition) is 1. The number of benzene rings is 6. The standard InChI is InChI=1S/C31H18N3.C11H8N.Ir/c1-2-9-21(10-3-1)32-20-33(29-16-7-6-15-28(29)32)22-17-18-24-26-13-8-12-25-23-11-4-5-14-27(23)34(31(25)26)30(24)19-22;1-2-6-10(7-3-1)11-8-4-5-9-12-11;/h1-18H;1-6,8-9H;/q2*-1;+3. The van der Waals surface area contributed by atoms with Crippen molar-refractivity contribution in [1.82, 2.24) is 14.0 Å². The molecule has 0 saturated carbocycles. The van der Waals surface area contributed by atoms with E-state index < -0.39 is 0 Å². The van der Waals surface area contributed by atoms with E-state index in [1.807, 2.05) is 48.5 Å². The number of aromatic nitrogens is 4. The third-order valence-electron chi connectivity index (χ3n) is 8.59. The monoisotopic (exact) mass is 779 g/mol. The van der Waals surface area contributed by atoms with E-state index in [4.69, 9.17) is 0 Å². The Balaban J connectivity index is 0.000000212. The van der Waals surface area contributed by atoms with Gasteiger partial charge in [0.25, 0.3) is 6.33 Å². The molecule has 4 nitrogen and oxygen atoms in total. The van der Waals surface area contributed by atoms with Crippen LogP contribution in [0.5, 0.6) is 0 Å². The molecule has 4 aromatic heterocycles. The molecular weight excluding hydrogens is 753 g/mol. The second kappa shape index (κ2) is 12.0. The van der Waals surface area contributed by atoms with Gasteiger partial charge in [-0.1, -0.05) is 96.5 Å². The summed E-state index contributed by atoms with van der Waals surface area (Å²) < 4.78 is 6.61. The van der Waals surface area contributed by atoms with Crippen LogP contribution in [0.4, 0.5) is 0 Å². The molecule has 47 heavy (non-hydrogen) atoms. The van der Waals surface area contributed by atoms with E-state index in [0.29, 0.717) is 0 Å². The summed E-state index contributed by atoms with van der Waals surface area (Å²) in [6.45, 7) is 0. The summed E-state index contributed by atoms with van der Waals surface area (Å²) in [4.78, 5) is 4.22. The fraction of sp³-hybridized carbons (Fsp3) is 0. The first kappa shape index (κ1) is 28.8. The summed E-state index contributed by atoms with van der Waals surface area (Å²) >= 11 is 0. The topological polar surface area (TPSA) is 26.1 Å². The van der Waals surface area contributed by atoms with Crippen molar-refractivity contribution < 1.29 is 24.7 Å². The van der Waals surface area contributed by atoms with Crippen LogP contribution in [0, 0.1) is 18.5 Å². The van der Waals surface area contributed by atoms with Crippen molar-refractivity contribution in [2.24, 2.45) is 0 Å². The summed E-state index contributed by atoms with van der Waals surface area (Å²) in [5, 5.41) is 5.07. The van der Waals surface area contributed by atoms with Crippen molar-refractivity contribution in [2.75, 3.05) is 0 Å². The second-order valence-electron chi connectivity index (χ2n) is 11.2. The third-order valence-corrected chi connectivity index (χ3v) is 8.59. The molecule has 0 aliphatic heterocycles. The minimum absolute atomic E-state index is 0. The van der Waals surface area contributed by atoms with Crippen LogP contribution in [0.15, 0.2) is 158 Å². The van der Waals surface area contributed by atoms with Gasteiger partial charge in [-0.15, -0.1) is 47.3 Å². The number of pyridine rings is 1. The van der Waals surface area contributed by atoms with Gasteiger partial charge in [-0.3, -0.25) is 4.57 Å². The normalized spacial score (nSPS) is 11.2. The van der Waals surface area contributed by atoms with Crippen molar-refractivity contribution in [2.45, 2.75) is 0 Å². The molecule has 222 valence electrons. The van der Waals surface area contributed by atoms with Crippen LogP contribution in [0.2, 0.25) is 0 Å². The number of fused-ring (bicyclic) bond motifs is 7. The minimum atomic E-state index is 0. The van der Waals surface area contributed by atoms with Crippen LogP contribution >= 0.6 is 0 Å². The van der Waals surface area contributed by atoms with E-state index in [1.54, 1.807) is 6.20 Å². The number of rotatable bonds is 3. The Morgan fingerprint density at radius 3 is 2.11 bits per heavy atom. The fourth-order valence-electron chi connectivity index (χ4n) is 6.55. The van der Waals surface area contributed by atoms with Crippen LogP contribution in [0.1, 0.15) is 0 Å². The van der Waals surface area contributed by atoms with Gasteiger partial charge >= 0.3 is 20.1 Å². The quantitative estimate of drug-likeness (QED) is 0.130. The van der Waals surface area contributed by atoms with Crippen LogP contribution in [0.3, 0.4) is 0 Å². The summed E-state index contributed by atoms with van der Waals surface area (Å²) in [6.07, 6.45) is 5.37. The number of hydrogen-bond donors (Lipinski definition) is 0. The smallest absolute Gasteiger partial charge is 0.334 e. The average Bonchev–Trinajstić information content (AvgIpc) is 3.80. The number of para-hydroxylation sites is 5. The molecule has 0 saturated heterocycles. The second-order valence-corrected chi connectivity index (χ2v) is 11.2. The summed E-state index contributed by atoms with van der Waals surface area (Å²) in [5.74, 6) is 0. The molecule has 0 bridgehead atoms. The van der Waals surface area contributed by atoms with Crippen LogP contribution in [-0.4, -0.2) is 14.0 Å². The molecule has 0 atom stereocenters. The summed E-state index contributed by atoms with van der Waals surface area (Å²) in [7, 11) is 0. The van der Waals surface area contributed by atoms with Gasteiger partial charge < -0.3 is 14.0 Å². The van der Waals surface area contributed by atoms with E-state index in [1.165, 1.54) is 32.6 Å². The Morgan fingerprint density at radius 2 is 1.30 bits per heavy atom. The predicted octanol–water partition coefficient (Wildman–Crippen LogP) is 9.20. The first-order valence-corrected chi connectivity index (χ1v) is 15.3. The zero-order chi connectivity index (χ0) is 30.5. The average molecular weight is 779 g/mol. The molecule has 0 spiro atoms. The first-order valence-electron chi connectivity index (χ1n) is 15.3. The molecule has 10 rings (SSSR count). The molecule has 0 fully saturated rings. The fourth-order valence-corrected chi connectivity index (χ4v) is 6.55. The van der Waals surface area contributed by atoms with Gasteiger partial charge in [-0.25, -0.2) is 0 Å². The molecule has 0 N–H and O–H groups in total. The van der Waals surface area contributed by atoms with E-state index in [9.17, 15) is 0 Å². The van der Waals surface area contributed by atoms with E-state index in [-0.39, 0.29) is 20.1 Å². The Kier molecular flexibility index (Phi) is 7.34. The Morgan fingerprint density at radius 1 is 0.574 bits per heavy atom. The first-order chi connectivity index (χ1) is 22.8. The maximum Gasteiger partial charge on any atom is 3.00 e. The Bertz CT molecular complexity index is 2590. The molecule has 10 aromatic rings. The van der Waals surface area contributed by atoms with Crippen molar-refractivity contribution in [3.05, 3.63) is 176 Å². The Hall–Kier alpha value is -5.61. The van der Waals surface area contributed by atoms with Crippen molar-refractivity contribution in [3.63, 3.8) is 0 Å². The van der Waals surface area contributed by atoms with Crippen LogP contribution in [-0.2, 0) is 20.1 Å². The molecule has 0 radical (unpaired) electrons. The molecule has 0 unspecified atom stereocenters. The van der Waals surface area contributed by atoms with Gasteiger partial charge in [-0.05, 0) is 41.0 Å². The zero-order valence-corrected chi connectivity index (χ0v) is 27.5. The van der Waals surface area contributed by atoms with Gasteiger partial charge in [0.15, 0.2) is 0 Å². The van der Waals surface area contributed by atoms with E-state index in [0.717, 1.165) is 39.2 Å². The van der Waals surface area contributed by atoms with Crippen LogP contribution < -0.4 is 4.57 Å². The number of imidazole rings is 1. The van der Waals surface area contributed by atoms with Gasteiger partial charge in [0.1, 0.15) is 0 Å². The van der Waals surface area contributed by atoms with Gasteiger partial charge in [-0.2, -0.15) is 12.1 Å².